The summed E-state index contributed by atoms with van der Waals surface area (Å²) in [4.78, 5) is 30.6. The second kappa shape index (κ2) is 9.24. The Balaban J connectivity index is 1.94. The molecule has 168 valence electrons. The van der Waals surface area contributed by atoms with Gasteiger partial charge in [0.1, 0.15) is 5.69 Å². The second-order valence-electron chi connectivity index (χ2n) is 7.37. The van der Waals surface area contributed by atoms with Crippen molar-refractivity contribution in [3.05, 3.63) is 78.9 Å². The average molecular weight is 592 g/mol. The summed E-state index contributed by atoms with van der Waals surface area (Å²) in [5.41, 5.74) is 3.23. The number of pyridine rings is 1. The topological polar surface area (TPSA) is 88.9 Å². The highest BCUT2D eigenvalue weighted by molar-refractivity contribution is 9.10. The van der Waals surface area contributed by atoms with Gasteiger partial charge in [-0.05, 0) is 61.4 Å². The van der Waals surface area contributed by atoms with Crippen molar-refractivity contribution in [1.29, 1.82) is 0 Å². The smallest absolute Gasteiger partial charge is 0.275 e. The number of hydrogen-bond acceptors (Lipinski definition) is 4. The zero-order chi connectivity index (χ0) is 23.9. The standard InChI is InChI=1S/C23H18Br2ClN5O2/c1-11-7-14(25)10-16(22(32)27-3)18(11)29-23(33)20-15-9-13(24)8-12(2)19(15)30-31(20)21-17(26)5-4-6-28-21/h4-10H,1-3H3,(H,27,32)(H,29,33). The van der Waals surface area contributed by atoms with E-state index < -0.39 is 5.91 Å². The molecule has 0 radical (unpaired) electrons. The summed E-state index contributed by atoms with van der Waals surface area (Å²) in [6.07, 6.45) is 1.58. The van der Waals surface area contributed by atoms with E-state index in [2.05, 4.69) is 52.6 Å². The fraction of sp³-hybridized carbons (Fsp3) is 0.130. The Morgan fingerprint density at radius 2 is 1.73 bits per heavy atom. The molecule has 2 aromatic carbocycles. The Labute approximate surface area is 211 Å². The molecule has 7 nitrogen and oxygen atoms in total. The molecule has 0 spiro atoms. The normalized spacial score (nSPS) is 11.0. The summed E-state index contributed by atoms with van der Waals surface area (Å²) < 4.78 is 2.97. The summed E-state index contributed by atoms with van der Waals surface area (Å²) in [7, 11) is 1.54. The number of nitrogens with zero attached hydrogens (tertiary/aromatic N) is 3. The van der Waals surface area contributed by atoms with E-state index in [4.69, 9.17) is 11.6 Å². The number of aryl methyl sites for hydroxylation is 2. The molecular formula is C23H18Br2ClN5O2. The Morgan fingerprint density at radius 3 is 2.42 bits per heavy atom. The second-order valence-corrected chi connectivity index (χ2v) is 9.61. The highest BCUT2D eigenvalue weighted by Gasteiger charge is 2.25. The third-order valence-corrected chi connectivity index (χ3v) is 6.31. The van der Waals surface area contributed by atoms with Crippen molar-refractivity contribution in [2.75, 3.05) is 12.4 Å². The van der Waals surface area contributed by atoms with Gasteiger partial charge in [-0.3, -0.25) is 9.59 Å². The molecule has 4 aromatic rings. The van der Waals surface area contributed by atoms with Crippen LogP contribution in [-0.2, 0) is 0 Å². The Bertz CT molecular complexity index is 1430. The third-order valence-electron chi connectivity index (χ3n) is 5.10. The number of fused-ring (bicyclic) bond motifs is 1. The van der Waals surface area contributed by atoms with Gasteiger partial charge in [0.15, 0.2) is 5.82 Å². The van der Waals surface area contributed by atoms with Crippen LogP contribution in [-0.4, -0.2) is 33.6 Å². The van der Waals surface area contributed by atoms with Gasteiger partial charge in [0.2, 0.25) is 0 Å². The number of nitrogens with one attached hydrogen (secondary N) is 2. The van der Waals surface area contributed by atoms with E-state index in [1.54, 1.807) is 24.4 Å². The van der Waals surface area contributed by atoms with Gasteiger partial charge in [0.05, 0.1) is 21.8 Å². The van der Waals surface area contributed by atoms with Crippen LogP contribution in [0.5, 0.6) is 0 Å². The van der Waals surface area contributed by atoms with Crippen LogP contribution in [0.25, 0.3) is 16.7 Å². The molecule has 2 heterocycles. The lowest BCUT2D eigenvalue weighted by Crippen LogP contribution is -2.24. The van der Waals surface area contributed by atoms with Gasteiger partial charge in [0.25, 0.3) is 11.8 Å². The minimum atomic E-state index is -0.452. The molecule has 0 saturated carbocycles. The first-order valence-electron chi connectivity index (χ1n) is 9.84. The molecule has 0 fully saturated rings. The van der Waals surface area contributed by atoms with Crippen molar-refractivity contribution >= 4 is 71.9 Å². The van der Waals surface area contributed by atoms with Crippen LogP contribution in [0.2, 0.25) is 5.02 Å². The van der Waals surface area contributed by atoms with Gasteiger partial charge >= 0.3 is 0 Å². The van der Waals surface area contributed by atoms with Crippen LogP contribution < -0.4 is 10.6 Å². The first-order valence-corrected chi connectivity index (χ1v) is 11.8. The van der Waals surface area contributed by atoms with Crippen LogP contribution in [0, 0.1) is 13.8 Å². The number of hydrogen-bond donors (Lipinski definition) is 2. The highest BCUT2D eigenvalue weighted by Crippen LogP contribution is 2.32. The number of amides is 2. The van der Waals surface area contributed by atoms with Crippen molar-refractivity contribution in [2.24, 2.45) is 0 Å². The zero-order valence-electron chi connectivity index (χ0n) is 17.8. The lowest BCUT2D eigenvalue weighted by Gasteiger charge is -2.15. The average Bonchev–Trinajstić information content (AvgIpc) is 3.14. The maximum atomic E-state index is 13.7. The van der Waals surface area contributed by atoms with E-state index >= 15 is 0 Å². The Morgan fingerprint density at radius 1 is 1.03 bits per heavy atom. The quantitative estimate of drug-likeness (QED) is 0.313. The predicted molar refractivity (Wildman–Crippen MR) is 137 cm³/mol. The number of anilines is 1. The minimum absolute atomic E-state index is 0.250. The summed E-state index contributed by atoms with van der Waals surface area (Å²) >= 11 is 13.3. The molecule has 0 aliphatic rings. The van der Waals surface area contributed by atoms with Crippen LogP contribution in [0.1, 0.15) is 32.0 Å². The SMILES string of the molecule is CNC(=O)c1cc(Br)cc(C)c1NC(=O)c1c2cc(Br)cc(C)c2nn1-c1ncccc1Cl. The third kappa shape index (κ3) is 4.40. The summed E-state index contributed by atoms with van der Waals surface area (Å²) in [6.45, 7) is 3.73. The van der Waals surface area contributed by atoms with Crippen molar-refractivity contribution < 1.29 is 9.59 Å². The fourth-order valence-electron chi connectivity index (χ4n) is 3.61. The van der Waals surface area contributed by atoms with Crippen LogP contribution >= 0.6 is 43.5 Å². The predicted octanol–water partition coefficient (Wildman–Crippen LogP) is 5.83. The van der Waals surface area contributed by atoms with E-state index in [-0.39, 0.29) is 11.6 Å². The van der Waals surface area contributed by atoms with E-state index in [0.29, 0.717) is 33.0 Å². The highest BCUT2D eigenvalue weighted by atomic mass is 79.9. The summed E-state index contributed by atoms with van der Waals surface area (Å²) in [6, 6.07) is 10.6. The molecule has 2 amide bonds. The minimum Gasteiger partial charge on any atom is -0.355 e. The first-order chi connectivity index (χ1) is 15.7. The summed E-state index contributed by atoms with van der Waals surface area (Å²) in [5, 5.41) is 11.2. The van der Waals surface area contributed by atoms with Gasteiger partial charge in [-0.15, -0.1) is 0 Å². The molecule has 0 bridgehead atoms. The molecule has 10 heteroatoms. The van der Waals surface area contributed by atoms with Gasteiger partial charge in [0, 0.05) is 27.6 Å². The van der Waals surface area contributed by atoms with E-state index in [1.165, 1.54) is 11.7 Å². The molecule has 0 aliphatic carbocycles. The molecule has 2 N–H and O–H groups in total. The van der Waals surface area contributed by atoms with E-state index in [9.17, 15) is 9.59 Å². The number of halogens is 3. The van der Waals surface area contributed by atoms with Gasteiger partial charge < -0.3 is 10.6 Å². The largest absolute Gasteiger partial charge is 0.355 e. The number of aromatic nitrogens is 3. The maximum absolute atomic E-state index is 13.7. The van der Waals surface area contributed by atoms with Crippen LogP contribution in [0.3, 0.4) is 0 Å². The van der Waals surface area contributed by atoms with Crippen molar-refractivity contribution in [3.63, 3.8) is 0 Å². The van der Waals surface area contributed by atoms with Crippen molar-refractivity contribution in [3.8, 4) is 5.82 Å². The molecule has 0 unspecified atom stereocenters. The lowest BCUT2D eigenvalue weighted by atomic mass is 10.1. The summed E-state index contributed by atoms with van der Waals surface area (Å²) in [5.74, 6) is -0.443. The van der Waals surface area contributed by atoms with Crippen molar-refractivity contribution in [1.82, 2.24) is 20.1 Å². The molecular weight excluding hydrogens is 574 g/mol. The van der Waals surface area contributed by atoms with Gasteiger partial charge in [-0.2, -0.15) is 5.10 Å². The molecule has 2 aromatic heterocycles. The number of carbonyl (C=O) groups is 2. The molecule has 4 rings (SSSR count). The lowest BCUT2D eigenvalue weighted by molar-refractivity contribution is 0.0964. The molecule has 0 saturated heterocycles. The number of rotatable bonds is 4. The first kappa shape index (κ1) is 23.4. The number of benzene rings is 2. The van der Waals surface area contributed by atoms with Gasteiger partial charge in [-0.1, -0.05) is 43.5 Å². The molecule has 0 atom stereocenters. The van der Waals surface area contributed by atoms with Crippen LogP contribution in [0.4, 0.5) is 5.69 Å². The Kier molecular flexibility index (Phi) is 6.56. The Hall–Kier alpha value is -2.75. The number of carbonyl (C=O) groups excluding carboxylic acids is 2. The molecule has 0 aliphatic heterocycles. The van der Waals surface area contributed by atoms with Gasteiger partial charge in [-0.25, -0.2) is 9.67 Å². The zero-order valence-corrected chi connectivity index (χ0v) is 21.8. The monoisotopic (exact) mass is 589 g/mol. The van der Waals surface area contributed by atoms with E-state index in [0.717, 1.165) is 20.1 Å². The van der Waals surface area contributed by atoms with Crippen molar-refractivity contribution in [2.45, 2.75) is 13.8 Å². The molecule has 33 heavy (non-hydrogen) atoms. The van der Waals surface area contributed by atoms with Crippen LogP contribution in [0.15, 0.2) is 51.5 Å². The van der Waals surface area contributed by atoms with E-state index in [1.807, 2.05) is 32.0 Å². The fourth-order valence-corrected chi connectivity index (χ4v) is 4.96. The maximum Gasteiger partial charge on any atom is 0.275 e.